The summed E-state index contributed by atoms with van der Waals surface area (Å²) in [5, 5.41) is 15.5. The predicted octanol–water partition coefficient (Wildman–Crippen LogP) is 1.90. The first kappa shape index (κ1) is 16.6. The summed E-state index contributed by atoms with van der Waals surface area (Å²) in [6.07, 6.45) is 1.63. The Morgan fingerprint density at radius 3 is 2.76 bits per heavy atom. The highest BCUT2D eigenvalue weighted by Crippen LogP contribution is 2.52. The Bertz CT molecular complexity index is 393. The summed E-state index contributed by atoms with van der Waals surface area (Å²) < 4.78 is 5.74. The van der Waals surface area contributed by atoms with Gasteiger partial charge in [-0.1, -0.05) is 27.7 Å². The molecule has 3 N–H and O–H groups in total. The number of amides is 2. The zero-order chi connectivity index (χ0) is 15.8. The van der Waals surface area contributed by atoms with Gasteiger partial charge < -0.3 is 20.5 Å². The van der Waals surface area contributed by atoms with Gasteiger partial charge in [-0.25, -0.2) is 4.79 Å². The Kier molecular flexibility index (Phi) is 4.54. The van der Waals surface area contributed by atoms with Gasteiger partial charge in [-0.15, -0.1) is 0 Å². The van der Waals surface area contributed by atoms with Crippen molar-refractivity contribution in [1.82, 2.24) is 10.6 Å². The van der Waals surface area contributed by atoms with Gasteiger partial charge in [0.1, 0.15) is 0 Å². The van der Waals surface area contributed by atoms with Gasteiger partial charge in [-0.3, -0.25) is 0 Å². The average molecular weight is 298 g/mol. The maximum atomic E-state index is 12.1. The lowest BCUT2D eigenvalue weighted by Gasteiger charge is -2.54. The van der Waals surface area contributed by atoms with Crippen molar-refractivity contribution in [2.45, 2.75) is 65.7 Å². The summed E-state index contributed by atoms with van der Waals surface area (Å²) in [7, 11) is 0. The fraction of sp³-hybridized carbons (Fsp3) is 0.938. The van der Waals surface area contributed by atoms with E-state index in [-0.39, 0.29) is 35.1 Å². The molecule has 2 fully saturated rings. The number of hydrogen-bond donors (Lipinski definition) is 3. The molecular formula is C16H30N2O3. The van der Waals surface area contributed by atoms with Crippen LogP contribution in [0.1, 0.15) is 47.5 Å². The number of urea groups is 1. The number of carbonyl (C=O) groups excluding carboxylic acids is 1. The van der Waals surface area contributed by atoms with E-state index >= 15 is 0 Å². The van der Waals surface area contributed by atoms with Crippen LogP contribution in [-0.2, 0) is 4.74 Å². The molecule has 122 valence electrons. The van der Waals surface area contributed by atoms with Gasteiger partial charge in [0.05, 0.1) is 12.2 Å². The monoisotopic (exact) mass is 298 g/mol. The third kappa shape index (κ3) is 3.51. The largest absolute Gasteiger partial charge is 0.393 e. The topological polar surface area (TPSA) is 70.6 Å². The molecule has 0 aromatic rings. The van der Waals surface area contributed by atoms with E-state index in [9.17, 15) is 9.90 Å². The van der Waals surface area contributed by atoms with Crippen LogP contribution in [-0.4, -0.2) is 42.5 Å². The van der Waals surface area contributed by atoms with Crippen molar-refractivity contribution >= 4 is 6.03 Å². The number of carbonyl (C=O) groups is 1. The number of hydrogen-bond acceptors (Lipinski definition) is 3. The van der Waals surface area contributed by atoms with Crippen LogP contribution >= 0.6 is 0 Å². The van der Waals surface area contributed by atoms with Crippen molar-refractivity contribution in [3.8, 4) is 0 Å². The second kappa shape index (κ2) is 5.76. The van der Waals surface area contributed by atoms with E-state index in [1.54, 1.807) is 6.92 Å². The standard InChI is InChI=1S/C16H30N2O3/c1-10(19)8-15(2,3)9-17-14(20)18-12-11-6-7-21-13(11)16(12,4)5/h10-13,19H,6-9H2,1-5H3,(H2,17,18,20). The van der Waals surface area contributed by atoms with Crippen molar-refractivity contribution in [1.29, 1.82) is 0 Å². The van der Waals surface area contributed by atoms with Crippen LogP contribution in [0.25, 0.3) is 0 Å². The van der Waals surface area contributed by atoms with Gasteiger partial charge in [-0.2, -0.15) is 0 Å². The molecule has 21 heavy (non-hydrogen) atoms. The smallest absolute Gasteiger partial charge is 0.315 e. The molecule has 0 radical (unpaired) electrons. The first-order valence-corrected chi connectivity index (χ1v) is 7.97. The molecule has 0 bridgehead atoms. The fourth-order valence-electron chi connectivity index (χ4n) is 4.00. The number of rotatable bonds is 5. The van der Waals surface area contributed by atoms with Crippen LogP contribution in [0.3, 0.4) is 0 Å². The van der Waals surface area contributed by atoms with Gasteiger partial charge in [0.2, 0.25) is 0 Å². The first-order chi connectivity index (χ1) is 9.63. The summed E-state index contributed by atoms with van der Waals surface area (Å²) in [5.41, 5.74) is -0.104. The van der Waals surface area contributed by atoms with Crippen molar-refractivity contribution in [3.63, 3.8) is 0 Å². The van der Waals surface area contributed by atoms with Crippen molar-refractivity contribution < 1.29 is 14.6 Å². The van der Waals surface area contributed by atoms with Crippen molar-refractivity contribution in [3.05, 3.63) is 0 Å². The molecule has 1 aliphatic carbocycles. The highest BCUT2D eigenvalue weighted by Gasteiger charge is 2.59. The predicted molar refractivity (Wildman–Crippen MR) is 82.0 cm³/mol. The van der Waals surface area contributed by atoms with Crippen LogP contribution in [0, 0.1) is 16.7 Å². The molecule has 5 heteroatoms. The van der Waals surface area contributed by atoms with Crippen LogP contribution in [0.5, 0.6) is 0 Å². The maximum absolute atomic E-state index is 12.1. The molecule has 4 unspecified atom stereocenters. The van der Waals surface area contributed by atoms with E-state index < -0.39 is 0 Å². The Hall–Kier alpha value is -0.810. The molecule has 5 nitrogen and oxygen atoms in total. The molecule has 2 amide bonds. The lowest BCUT2D eigenvalue weighted by molar-refractivity contribution is -0.108. The summed E-state index contributed by atoms with van der Waals surface area (Å²) >= 11 is 0. The van der Waals surface area contributed by atoms with E-state index in [4.69, 9.17) is 4.74 Å². The van der Waals surface area contributed by atoms with E-state index in [0.29, 0.717) is 18.9 Å². The Balaban J connectivity index is 1.80. The number of aliphatic hydroxyl groups excluding tert-OH is 1. The van der Waals surface area contributed by atoms with Gasteiger partial charge in [0.25, 0.3) is 0 Å². The fourth-order valence-corrected chi connectivity index (χ4v) is 4.00. The van der Waals surface area contributed by atoms with Gasteiger partial charge in [0.15, 0.2) is 0 Å². The molecule has 2 aliphatic rings. The molecule has 1 aliphatic heterocycles. The number of fused-ring (bicyclic) bond motifs is 1. The maximum Gasteiger partial charge on any atom is 0.315 e. The summed E-state index contributed by atoms with van der Waals surface area (Å²) in [4.78, 5) is 12.1. The second-order valence-electron chi connectivity index (χ2n) is 8.09. The third-order valence-electron chi connectivity index (χ3n) is 4.96. The molecule has 0 aromatic carbocycles. The summed E-state index contributed by atoms with van der Waals surface area (Å²) in [5.74, 6) is 0.455. The van der Waals surface area contributed by atoms with E-state index in [0.717, 1.165) is 13.0 Å². The normalized spacial score (nSPS) is 32.0. The quantitative estimate of drug-likeness (QED) is 0.726. The zero-order valence-corrected chi connectivity index (χ0v) is 13.9. The van der Waals surface area contributed by atoms with E-state index in [1.807, 2.05) is 13.8 Å². The second-order valence-corrected chi connectivity index (χ2v) is 8.09. The minimum absolute atomic E-state index is 0.00758. The number of ether oxygens (including phenoxy) is 1. The third-order valence-corrected chi connectivity index (χ3v) is 4.96. The molecular weight excluding hydrogens is 268 g/mol. The Morgan fingerprint density at radius 2 is 2.14 bits per heavy atom. The van der Waals surface area contributed by atoms with E-state index in [1.165, 1.54) is 0 Å². The molecule has 4 atom stereocenters. The zero-order valence-electron chi connectivity index (χ0n) is 13.9. The summed E-state index contributed by atoms with van der Waals surface area (Å²) in [6.45, 7) is 11.5. The lowest BCUT2D eigenvalue weighted by atomic mass is 9.57. The Labute approximate surface area is 127 Å². The molecule has 1 saturated carbocycles. The van der Waals surface area contributed by atoms with Crippen molar-refractivity contribution in [2.24, 2.45) is 16.7 Å². The van der Waals surface area contributed by atoms with E-state index in [2.05, 4.69) is 24.5 Å². The molecule has 0 aromatic heterocycles. The minimum Gasteiger partial charge on any atom is -0.393 e. The van der Waals surface area contributed by atoms with Crippen LogP contribution in [0.2, 0.25) is 0 Å². The van der Waals surface area contributed by atoms with Crippen molar-refractivity contribution in [2.75, 3.05) is 13.2 Å². The van der Waals surface area contributed by atoms with Gasteiger partial charge in [-0.05, 0) is 25.2 Å². The number of aliphatic hydroxyl groups is 1. The molecule has 2 rings (SSSR count). The van der Waals surface area contributed by atoms with Crippen LogP contribution < -0.4 is 10.6 Å². The number of nitrogens with one attached hydrogen (secondary N) is 2. The summed E-state index contributed by atoms with van der Waals surface area (Å²) in [6, 6.07) is 0.0713. The van der Waals surface area contributed by atoms with Crippen LogP contribution in [0.15, 0.2) is 0 Å². The SMILES string of the molecule is CC(O)CC(C)(C)CNC(=O)NC1C2CCOC2C1(C)C. The first-order valence-electron chi connectivity index (χ1n) is 7.97. The molecule has 0 spiro atoms. The van der Waals surface area contributed by atoms with Gasteiger partial charge >= 0.3 is 6.03 Å². The highest BCUT2D eigenvalue weighted by molar-refractivity contribution is 5.74. The lowest BCUT2D eigenvalue weighted by Crippen LogP contribution is -2.67. The Morgan fingerprint density at radius 1 is 1.48 bits per heavy atom. The minimum atomic E-state index is -0.355. The van der Waals surface area contributed by atoms with Gasteiger partial charge in [0, 0.05) is 30.5 Å². The molecule has 1 saturated heterocycles. The molecule has 1 heterocycles. The van der Waals surface area contributed by atoms with Crippen LogP contribution in [0.4, 0.5) is 4.79 Å². The average Bonchev–Trinajstić information content (AvgIpc) is 2.79. The highest BCUT2D eigenvalue weighted by atomic mass is 16.5.